The fraction of sp³-hybridized carbons (Fsp3) is 0.900. The zero-order chi connectivity index (χ0) is 9.84. The van der Waals surface area contributed by atoms with E-state index in [1.165, 1.54) is 0 Å². The van der Waals surface area contributed by atoms with Crippen molar-refractivity contribution in [2.24, 2.45) is 17.6 Å². The highest BCUT2D eigenvalue weighted by Crippen LogP contribution is 2.28. The van der Waals surface area contributed by atoms with Crippen molar-refractivity contribution in [3.63, 3.8) is 0 Å². The van der Waals surface area contributed by atoms with Gasteiger partial charge in [-0.1, -0.05) is 6.92 Å². The quantitative estimate of drug-likeness (QED) is 0.660. The molecular formula is C10H19NO2. The Morgan fingerprint density at radius 2 is 2.23 bits per heavy atom. The number of carbonyl (C=O) groups is 1. The molecule has 0 saturated heterocycles. The van der Waals surface area contributed by atoms with Crippen LogP contribution in [0.1, 0.15) is 33.1 Å². The third-order valence-electron chi connectivity index (χ3n) is 2.86. The second-order valence-electron chi connectivity index (χ2n) is 3.90. The van der Waals surface area contributed by atoms with Gasteiger partial charge in [-0.05, 0) is 32.1 Å². The van der Waals surface area contributed by atoms with Crippen molar-refractivity contribution < 1.29 is 9.53 Å². The zero-order valence-corrected chi connectivity index (χ0v) is 8.45. The number of ether oxygens (including phenoxy) is 1. The minimum absolute atomic E-state index is 0.0405. The summed E-state index contributed by atoms with van der Waals surface area (Å²) in [6.07, 6.45) is 2.73. The lowest BCUT2D eigenvalue weighted by atomic mass is 9.79. The Labute approximate surface area is 79.6 Å². The molecule has 0 aromatic carbocycles. The molecule has 0 spiro atoms. The molecule has 1 saturated carbocycles. The lowest BCUT2D eigenvalue weighted by Crippen LogP contribution is -2.37. The van der Waals surface area contributed by atoms with Gasteiger partial charge in [-0.15, -0.1) is 0 Å². The smallest absolute Gasteiger partial charge is 0.308 e. The molecule has 76 valence electrons. The average molecular weight is 185 g/mol. The van der Waals surface area contributed by atoms with Crippen LogP contribution in [0.2, 0.25) is 0 Å². The van der Waals surface area contributed by atoms with Crippen molar-refractivity contribution >= 4 is 5.97 Å². The minimum atomic E-state index is -0.0405. The Morgan fingerprint density at radius 1 is 1.54 bits per heavy atom. The molecular weight excluding hydrogens is 166 g/mol. The predicted octanol–water partition coefficient (Wildman–Crippen LogP) is 1.31. The number of rotatable bonds is 2. The van der Waals surface area contributed by atoms with Gasteiger partial charge in [0, 0.05) is 6.04 Å². The summed E-state index contributed by atoms with van der Waals surface area (Å²) in [5, 5.41) is 0. The number of esters is 1. The summed E-state index contributed by atoms with van der Waals surface area (Å²) in [6.45, 7) is 4.43. The molecule has 0 unspecified atom stereocenters. The predicted molar refractivity (Wildman–Crippen MR) is 51.1 cm³/mol. The van der Waals surface area contributed by atoms with Gasteiger partial charge in [0.1, 0.15) is 0 Å². The van der Waals surface area contributed by atoms with Crippen molar-refractivity contribution in [1.29, 1.82) is 0 Å². The maximum atomic E-state index is 11.4. The van der Waals surface area contributed by atoms with E-state index < -0.39 is 0 Å². The number of carbonyl (C=O) groups excluding carboxylic acids is 1. The fourth-order valence-electron chi connectivity index (χ4n) is 1.89. The molecule has 0 aromatic heterocycles. The maximum absolute atomic E-state index is 11.4. The summed E-state index contributed by atoms with van der Waals surface area (Å²) in [7, 11) is 0. The van der Waals surface area contributed by atoms with Crippen molar-refractivity contribution in [3.8, 4) is 0 Å². The second-order valence-corrected chi connectivity index (χ2v) is 3.90. The van der Waals surface area contributed by atoms with Crippen LogP contribution in [-0.4, -0.2) is 18.6 Å². The Hall–Kier alpha value is -0.570. The molecule has 3 nitrogen and oxygen atoms in total. The number of hydrogen-bond donors (Lipinski definition) is 1. The first kappa shape index (κ1) is 10.5. The zero-order valence-electron chi connectivity index (χ0n) is 8.45. The summed E-state index contributed by atoms with van der Waals surface area (Å²) in [6, 6.07) is 0.269. The van der Waals surface area contributed by atoms with E-state index in [0.717, 1.165) is 19.3 Å². The van der Waals surface area contributed by atoms with Crippen LogP contribution in [0.15, 0.2) is 0 Å². The third-order valence-corrected chi connectivity index (χ3v) is 2.86. The molecule has 1 aliphatic rings. The summed E-state index contributed by atoms with van der Waals surface area (Å²) < 4.78 is 4.99. The molecule has 0 aliphatic heterocycles. The average Bonchev–Trinajstić information content (AvgIpc) is 2.10. The van der Waals surface area contributed by atoms with E-state index in [0.29, 0.717) is 12.5 Å². The van der Waals surface area contributed by atoms with Crippen LogP contribution in [0.3, 0.4) is 0 Å². The highest BCUT2D eigenvalue weighted by Gasteiger charge is 2.30. The molecule has 0 radical (unpaired) electrons. The van der Waals surface area contributed by atoms with Crippen molar-refractivity contribution in [1.82, 2.24) is 0 Å². The highest BCUT2D eigenvalue weighted by atomic mass is 16.5. The van der Waals surface area contributed by atoms with Gasteiger partial charge in [0.05, 0.1) is 12.5 Å². The van der Waals surface area contributed by atoms with Crippen LogP contribution in [0.4, 0.5) is 0 Å². The van der Waals surface area contributed by atoms with Crippen LogP contribution < -0.4 is 5.73 Å². The first-order valence-corrected chi connectivity index (χ1v) is 5.07. The second kappa shape index (κ2) is 4.61. The molecule has 0 heterocycles. The van der Waals surface area contributed by atoms with Gasteiger partial charge in [0.2, 0.25) is 0 Å². The Kier molecular flexibility index (Phi) is 3.72. The Morgan fingerprint density at radius 3 is 2.77 bits per heavy atom. The monoisotopic (exact) mass is 185 g/mol. The third kappa shape index (κ3) is 2.69. The van der Waals surface area contributed by atoms with E-state index in [1.54, 1.807) is 0 Å². The molecule has 0 amide bonds. The van der Waals surface area contributed by atoms with E-state index in [1.807, 2.05) is 6.92 Å². The van der Waals surface area contributed by atoms with Crippen molar-refractivity contribution in [3.05, 3.63) is 0 Å². The van der Waals surface area contributed by atoms with Gasteiger partial charge in [-0.2, -0.15) is 0 Å². The van der Waals surface area contributed by atoms with Crippen LogP contribution in [-0.2, 0) is 9.53 Å². The van der Waals surface area contributed by atoms with Gasteiger partial charge in [0.25, 0.3) is 0 Å². The molecule has 1 aliphatic carbocycles. The molecule has 3 atom stereocenters. The molecule has 2 N–H and O–H groups in total. The summed E-state index contributed by atoms with van der Waals surface area (Å²) >= 11 is 0. The van der Waals surface area contributed by atoms with Crippen LogP contribution >= 0.6 is 0 Å². The first-order valence-electron chi connectivity index (χ1n) is 5.07. The molecule has 3 heteroatoms. The maximum Gasteiger partial charge on any atom is 0.308 e. The van der Waals surface area contributed by atoms with Crippen LogP contribution in [0.5, 0.6) is 0 Å². The van der Waals surface area contributed by atoms with Gasteiger partial charge in [0.15, 0.2) is 0 Å². The number of hydrogen-bond acceptors (Lipinski definition) is 3. The molecule has 13 heavy (non-hydrogen) atoms. The lowest BCUT2D eigenvalue weighted by Gasteiger charge is -2.30. The Bertz CT molecular complexity index is 182. The molecule has 0 bridgehead atoms. The Balaban J connectivity index is 2.40. The highest BCUT2D eigenvalue weighted by molar-refractivity contribution is 5.72. The summed E-state index contributed by atoms with van der Waals surface area (Å²) in [4.78, 5) is 11.4. The van der Waals surface area contributed by atoms with E-state index in [2.05, 4.69) is 6.92 Å². The molecule has 0 aromatic rings. The van der Waals surface area contributed by atoms with E-state index in [9.17, 15) is 4.79 Å². The van der Waals surface area contributed by atoms with Crippen LogP contribution in [0.25, 0.3) is 0 Å². The van der Waals surface area contributed by atoms with Crippen molar-refractivity contribution in [2.45, 2.75) is 39.2 Å². The fourth-order valence-corrected chi connectivity index (χ4v) is 1.89. The van der Waals surface area contributed by atoms with Crippen LogP contribution in [0, 0.1) is 11.8 Å². The minimum Gasteiger partial charge on any atom is -0.466 e. The normalized spacial score (nSPS) is 34.2. The van der Waals surface area contributed by atoms with Gasteiger partial charge in [-0.3, -0.25) is 4.79 Å². The lowest BCUT2D eigenvalue weighted by molar-refractivity contribution is -0.149. The van der Waals surface area contributed by atoms with Gasteiger partial charge < -0.3 is 10.5 Å². The van der Waals surface area contributed by atoms with Gasteiger partial charge in [-0.25, -0.2) is 0 Å². The van der Waals surface area contributed by atoms with Gasteiger partial charge >= 0.3 is 5.97 Å². The topological polar surface area (TPSA) is 52.3 Å². The largest absolute Gasteiger partial charge is 0.466 e. The SMILES string of the molecule is CCOC(=O)[C@H]1CC[C@H](N)[C@H](C)C1. The first-order chi connectivity index (χ1) is 6.15. The number of nitrogens with two attached hydrogens (primary N) is 1. The van der Waals surface area contributed by atoms with E-state index in [4.69, 9.17) is 10.5 Å². The molecule has 1 fully saturated rings. The van der Waals surface area contributed by atoms with Crippen molar-refractivity contribution in [2.75, 3.05) is 6.61 Å². The standard InChI is InChI=1S/C10H19NO2/c1-3-13-10(12)8-4-5-9(11)7(2)6-8/h7-9H,3-6,11H2,1-2H3/t7-,8+,9+/m1/s1. The van der Waals surface area contributed by atoms with E-state index in [-0.39, 0.29) is 17.9 Å². The molecule has 1 rings (SSSR count). The summed E-state index contributed by atoms with van der Waals surface area (Å²) in [5.74, 6) is 0.499. The van der Waals surface area contributed by atoms with E-state index >= 15 is 0 Å². The summed E-state index contributed by atoms with van der Waals surface area (Å²) in [5.41, 5.74) is 5.86.